The normalized spacial score (nSPS) is 15.3. The van der Waals surface area contributed by atoms with Crippen LogP contribution in [0.1, 0.15) is 28.6 Å². The van der Waals surface area contributed by atoms with Gasteiger partial charge in [0.15, 0.2) is 0 Å². The van der Waals surface area contributed by atoms with Crippen molar-refractivity contribution < 1.29 is 0 Å². The Morgan fingerprint density at radius 3 is 3.06 bits per heavy atom. The minimum atomic E-state index is 0.690. The first-order chi connectivity index (χ1) is 7.83. The van der Waals surface area contributed by atoms with Crippen LogP contribution in [0.3, 0.4) is 0 Å². The van der Waals surface area contributed by atoms with Gasteiger partial charge in [0, 0.05) is 28.2 Å². The first-order valence-electron chi connectivity index (χ1n) is 5.65. The molecule has 1 aliphatic rings. The van der Waals surface area contributed by atoms with Crippen LogP contribution in [-0.2, 0) is 6.54 Å². The van der Waals surface area contributed by atoms with E-state index in [1.165, 1.54) is 22.6 Å². The highest BCUT2D eigenvalue weighted by molar-refractivity contribution is 7.11. The topological polar surface area (TPSA) is 29.9 Å². The van der Waals surface area contributed by atoms with Gasteiger partial charge in [-0.25, -0.2) is 4.98 Å². The summed E-state index contributed by atoms with van der Waals surface area (Å²) in [4.78, 5) is 7.08. The zero-order valence-corrected chi connectivity index (χ0v) is 10.1. The number of anilines is 1. The maximum Gasteiger partial charge on any atom is 0.203 e. The van der Waals surface area contributed by atoms with E-state index >= 15 is 0 Å². The van der Waals surface area contributed by atoms with Crippen molar-refractivity contribution in [2.45, 2.75) is 32.4 Å². The zero-order chi connectivity index (χ0) is 11.0. The molecule has 0 saturated heterocycles. The minimum absolute atomic E-state index is 0.690. The van der Waals surface area contributed by atoms with Crippen LogP contribution in [0.15, 0.2) is 24.5 Å². The molecule has 2 aromatic rings. The number of aryl methyl sites for hydroxylation is 1. The summed E-state index contributed by atoms with van der Waals surface area (Å²) in [5.74, 6) is 1.01. The molecular formula is C12H15N3S. The van der Waals surface area contributed by atoms with Crippen molar-refractivity contribution in [3.05, 3.63) is 34.3 Å². The first kappa shape index (κ1) is 9.90. The molecule has 0 amide bonds. The van der Waals surface area contributed by atoms with Gasteiger partial charge >= 0.3 is 0 Å². The fourth-order valence-electron chi connectivity index (χ4n) is 1.84. The van der Waals surface area contributed by atoms with Crippen LogP contribution in [-0.4, -0.2) is 9.55 Å². The van der Waals surface area contributed by atoms with E-state index in [0.29, 0.717) is 6.04 Å². The van der Waals surface area contributed by atoms with Crippen molar-refractivity contribution in [1.29, 1.82) is 0 Å². The van der Waals surface area contributed by atoms with E-state index < -0.39 is 0 Å². The molecule has 3 rings (SSSR count). The molecular weight excluding hydrogens is 218 g/mol. The first-order valence-corrected chi connectivity index (χ1v) is 6.46. The number of nitrogens with one attached hydrogen (secondary N) is 1. The Kier molecular flexibility index (Phi) is 2.44. The lowest BCUT2D eigenvalue weighted by atomic mass is 10.4. The third kappa shape index (κ3) is 1.97. The Balaban J connectivity index is 1.67. The number of nitrogens with zero attached hydrogens (tertiary/aromatic N) is 2. The molecule has 0 atom stereocenters. The van der Waals surface area contributed by atoms with Crippen LogP contribution in [0.25, 0.3) is 0 Å². The quantitative estimate of drug-likeness (QED) is 0.879. The van der Waals surface area contributed by atoms with E-state index in [9.17, 15) is 0 Å². The summed E-state index contributed by atoms with van der Waals surface area (Å²) < 4.78 is 2.25. The number of hydrogen-bond donors (Lipinski definition) is 1. The summed E-state index contributed by atoms with van der Waals surface area (Å²) in [7, 11) is 0. The van der Waals surface area contributed by atoms with Gasteiger partial charge in [-0.2, -0.15) is 0 Å². The lowest BCUT2D eigenvalue weighted by molar-refractivity contribution is 0.744. The summed E-state index contributed by atoms with van der Waals surface area (Å²) in [5, 5.41) is 3.41. The maximum absolute atomic E-state index is 4.36. The molecule has 1 saturated carbocycles. The summed E-state index contributed by atoms with van der Waals surface area (Å²) in [6.07, 6.45) is 6.53. The molecule has 0 radical (unpaired) electrons. The zero-order valence-electron chi connectivity index (χ0n) is 9.31. The molecule has 0 unspecified atom stereocenters. The van der Waals surface area contributed by atoms with E-state index in [1.54, 1.807) is 0 Å². The predicted molar refractivity (Wildman–Crippen MR) is 66.9 cm³/mol. The molecule has 3 nitrogen and oxygen atoms in total. The van der Waals surface area contributed by atoms with Gasteiger partial charge in [0.05, 0.1) is 6.54 Å². The second kappa shape index (κ2) is 3.94. The van der Waals surface area contributed by atoms with Crippen molar-refractivity contribution >= 4 is 17.3 Å². The highest BCUT2D eigenvalue weighted by Crippen LogP contribution is 2.36. The van der Waals surface area contributed by atoms with E-state index in [1.807, 2.05) is 17.5 Å². The highest BCUT2D eigenvalue weighted by atomic mass is 32.1. The molecule has 0 aliphatic heterocycles. The van der Waals surface area contributed by atoms with Crippen LogP contribution >= 0.6 is 11.3 Å². The molecule has 84 valence electrons. The molecule has 2 heterocycles. The third-order valence-electron chi connectivity index (χ3n) is 2.83. The second-order valence-corrected chi connectivity index (χ2v) is 5.63. The fourth-order valence-corrected chi connectivity index (χ4v) is 2.67. The predicted octanol–water partition coefficient (Wildman–Crippen LogP) is 3.20. The number of thiophene rings is 1. The third-order valence-corrected chi connectivity index (χ3v) is 3.83. The van der Waals surface area contributed by atoms with E-state index in [2.05, 4.69) is 40.1 Å². The average molecular weight is 233 g/mol. The Labute approximate surface area is 99.1 Å². The minimum Gasteiger partial charge on any atom is -0.351 e. The van der Waals surface area contributed by atoms with Crippen molar-refractivity contribution in [3.63, 3.8) is 0 Å². The standard InChI is InChI=1S/C12H15N3S/c1-9-2-5-11(16-9)8-14-12-13-6-7-15(12)10-3-4-10/h2,5-7,10H,3-4,8H2,1H3,(H,13,14). The summed E-state index contributed by atoms with van der Waals surface area (Å²) in [5.41, 5.74) is 0. The van der Waals surface area contributed by atoms with Gasteiger partial charge in [0.25, 0.3) is 0 Å². The van der Waals surface area contributed by atoms with Crippen LogP contribution in [0, 0.1) is 6.92 Å². The van der Waals surface area contributed by atoms with E-state index in [0.717, 1.165) is 12.5 Å². The largest absolute Gasteiger partial charge is 0.351 e. The highest BCUT2D eigenvalue weighted by Gasteiger charge is 2.25. The van der Waals surface area contributed by atoms with Crippen LogP contribution < -0.4 is 5.32 Å². The van der Waals surface area contributed by atoms with Crippen molar-refractivity contribution in [1.82, 2.24) is 9.55 Å². The van der Waals surface area contributed by atoms with Gasteiger partial charge in [0.2, 0.25) is 5.95 Å². The van der Waals surface area contributed by atoms with Gasteiger partial charge in [-0.15, -0.1) is 11.3 Å². The van der Waals surface area contributed by atoms with Crippen molar-refractivity contribution in [2.75, 3.05) is 5.32 Å². The molecule has 1 aliphatic carbocycles. The molecule has 0 aromatic carbocycles. The number of rotatable bonds is 4. The lowest BCUT2D eigenvalue weighted by Gasteiger charge is -2.07. The number of imidazole rings is 1. The molecule has 1 N–H and O–H groups in total. The second-order valence-electron chi connectivity index (χ2n) is 4.26. The number of hydrogen-bond acceptors (Lipinski definition) is 3. The van der Waals surface area contributed by atoms with E-state index in [-0.39, 0.29) is 0 Å². The SMILES string of the molecule is Cc1ccc(CNc2nccn2C2CC2)s1. The van der Waals surface area contributed by atoms with Crippen LogP contribution in [0.4, 0.5) is 5.95 Å². The van der Waals surface area contributed by atoms with Gasteiger partial charge in [-0.05, 0) is 31.9 Å². The summed E-state index contributed by atoms with van der Waals surface area (Å²) >= 11 is 1.84. The molecule has 1 fully saturated rings. The Hall–Kier alpha value is -1.29. The van der Waals surface area contributed by atoms with E-state index in [4.69, 9.17) is 0 Å². The Morgan fingerprint density at radius 1 is 1.50 bits per heavy atom. The molecule has 4 heteroatoms. The average Bonchev–Trinajstić information content (AvgIpc) is 2.86. The Bertz CT molecular complexity index is 482. The molecule has 16 heavy (non-hydrogen) atoms. The summed E-state index contributed by atoms with van der Waals surface area (Å²) in [6, 6.07) is 5.03. The van der Waals surface area contributed by atoms with Gasteiger partial charge in [-0.3, -0.25) is 0 Å². The van der Waals surface area contributed by atoms with Gasteiger partial charge < -0.3 is 9.88 Å². The lowest BCUT2D eigenvalue weighted by Crippen LogP contribution is -2.05. The molecule has 0 spiro atoms. The monoisotopic (exact) mass is 233 g/mol. The van der Waals surface area contributed by atoms with Crippen LogP contribution in [0.2, 0.25) is 0 Å². The molecule has 0 bridgehead atoms. The number of aromatic nitrogens is 2. The molecule has 2 aromatic heterocycles. The van der Waals surface area contributed by atoms with Gasteiger partial charge in [-0.1, -0.05) is 0 Å². The van der Waals surface area contributed by atoms with Crippen LogP contribution in [0.5, 0.6) is 0 Å². The smallest absolute Gasteiger partial charge is 0.203 e. The van der Waals surface area contributed by atoms with Crippen molar-refractivity contribution in [3.8, 4) is 0 Å². The van der Waals surface area contributed by atoms with Gasteiger partial charge in [0.1, 0.15) is 0 Å². The summed E-state index contributed by atoms with van der Waals surface area (Å²) in [6.45, 7) is 3.02. The maximum atomic E-state index is 4.36. The van der Waals surface area contributed by atoms with Crippen molar-refractivity contribution in [2.24, 2.45) is 0 Å². The fraction of sp³-hybridized carbons (Fsp3) is 0.417. The Morgan fingerprint density at radius 2 is 2.38 bits per heavy atom.